The third kappa shape index (κ3) is 8.55. The Labute approximate surface area is 117 Å². The van der Waals surface area contributed by atoms with Gasteiger partial charge < -0.3 is 2.85 Å². The van der Waals surface area contributed by atoms with Gasteiger partial charge in [0.25, 0.3) is 0 Å². The molecule has 0 N–H and O–H groups in total. The van der Waals surface area contributed by atoms with Crippen molar-refractivity contribution in [1.82, 2.24) is 0 Å². The second-order valence-corrected chi connectivity index (χ2v) is 5.65. The van der Waals surface area contributed by atoms with Crippen molar-refractivity contribution in [2.24, 2.45) is 0 Å². The van der Waals surface area contributed by atoms with Crippen LogP contribution >= 0.6 is 15.9 Å². The summed E-state index contributed by atoms with van der Waals surface area (Å²) in [5, 5.41) is 0. The van der Waals surface area contributed by atoms with Gasteiger partial charge in [-0.1, -0.05) is 73.7 Å². The maximum Gasteiger partial charge on any atom is 2.00 e. The number of alkyl halides is 1. The van der Waals surface area contributed by atoms with Gasteiger partial charge in [0.2, 0.25) is 0 Å². The Morgan fingerprint density at radius 2 is 0.929 bits per heavy atom. The number of rotatable bonds is 0. The second-order valence-electron chi connectivity index (χ2n) is 4.36. The molecule has 1 aliphatic rings. The minimum absolute atomic E-state index is 0. The predicted octanol–water partition coefficient (Wildman–Crippen LogP) is 4.90. The van der Waals surface area contributed by atoms with Crippen LogP contribution in [0.1, 0.15) is 73.5 Å². The van der Waals surface area contributed by atoms with E-state index >= 15 is 0 Å². The van der Waals surface area contributed by atoms with Crippen LogP contribution in [0.4, 0.5) is 0 Å². The van der Waals surface area contributed by atoms with Gasteiger partial charge in [-0.05, 0) is 12.8 Å². The Kier molecular flexibility index (Phi) is 11.7. The van der Waals surface area contributed by atoms with Gasteiger partial charge in [0.1, 0.15) is 0 Å². The molecule has 2 heteroatoms. The van der Waals surface area contributed by atoms with Crippen LogP contribution < -0.4 is 0 Å². The Balaban J connectivity index is -0.000000563. The first-order valence-corrected chi connectivity index (χ1v) is 6.95. The molecular weight excluding hydrogens is 248 g/mol. The fourth-order valence-corrected chi connectivity index (χ4v) is 2.76. The van der Waals surface area contributed by atoms with Crippen LogP contribution in [-0.4, -0.2) is 27.9 Å². The molecule has 1 aliphatic carbocycles. The van der Waals surface area contributed by atoms with Crippen LogP contribution in [0.5, 0.6) is 0 Å². The van der Waals surface area contributed by atoms with Gasteiger partial charge in [-0.15, -0.1) is 0 Å². The summed E-state index contributed by atoms with van der Waals surface area (Å²) in [6.07, 6.45) is 16.0. The molecule has 0 unspecified atom stereocenters. The monoisotopic (exact) mass is 272 g/mol. The maximum absolute atomic E-state index is 3.78. The largest absolute Gasteiger partial charge is 2.00 e. The minimum Gasteiger partial charge on any atom is -1.00 e. The molecule has 0 radical (unpaired) electrons. The Bertz CT molecular complexity index is 114. The van der Waals surface area contributed by atoms with Gasteiger partial charge in [0, 0.05) is 4.83 Å². The molecule has 0 aliphatic heterocycles. The SMILES string of the molecule is BrC1CCCCCCCCCCC1.[H-].[H-].[Mg+2]. The average Bonchev–Trinajstić information content (AvgIpc) is 2.11. The number of hydrogen-bond donors (Lipinski definition) is 0. The van der Waals surface area contributed by atoms with E-state index < -0.39 is 0 Å². The van der Waals surface area contributed by atoms with Crippen molar-refractivity contribution in [2.75, 3.05) is 0 Å². The molecule has 1 fully saturated rings. The van der Waals surface area contributed by atoms with E-state index in [1.807, 2.05) is 0 Å². The predicted molar refractivity (Wildman–Crippen MR) is 71.5 cm³/mol. The first kappa shape index (κ1) is 15.2. The summed E-state index contributed by atoms with van der Waals surface area (Å²) in [4.78, 5) is 0.812. The normalized spacial score (nSPS) is 22.9. The summed E-state index contributed by atoms with van der Waals surface area (Å²) < 4.78 is 0. The molecule has 0 bridgehead atoms. The molecule has 0 amide bonds. The molecule has 0 spiro atoms. The quantitative estimate of drug-likeness (QED) is 0.435. The number of halogens is 1. The fourth-order valence-electron chi connectivity index (χ4n) is 2.11. The zero-order valence-corrected chi connectivity index (χ0v) is 12.4. The molecule has 0 aromatic rings. The van der Waals surface area contributed by atoms with Crippen LogP contribution in [-0.2, 0) is 0 Å². The van der Waals surface area contributed by atoms with Crippen LogP contribution in [0.15, 0.2) is 0 Å². The van der Waals surface area contributed by atoms with Crippen molar-refractivity contribution in [1.29, 1.82) is 0 Å². The van der Waals surface area contributed by atoms with E-state index in [2.05, 4.69) is 15.9 Å². The van der Waals surface area contributed by atoms with Crippen LogP contribution in [0.3, 0.4) is 0 Å². The van der Waals surface area contributed by atoms with Crippen molar-refractivity contribution >= 4 is 39.0 Å². The molecular formula is C12H25BrMg. The summed E-state index contributed by atoms with van der Waals surface area (Å²) in [5.41, 5.74) is 0. The molecule has 0 heterocycles. The van der Waals surface area contributed by atoms with Crippen molar-refractivity contribution in [3.63, 3.8) is 0 Å². The molecule has 0 aromatic heterocycles. The van der Waals surface area contributed by atoms with Crippen LogP contribution in [0, 0.1) is 0 Å². The Morgan fingerprint density at radius 1 is 0.643 bits per heavy atom. The zero-order chi connectivity index (χ0) is 9.36. The first-order valence-electron chi connectivity index (χ1n) is 6.03. The van der Waals surface area contributed by atoms with Crippen molar-refractivity contribution in [3.05, 3.63) is 0 Å². The van der Waals surface area contributed by atoms with Crippen molar-refractivity contribution < 1.29 is 2.85 Å². The summed E-state index contributed by atoms with van der Waals surface area (Å²) in [7, 11) is 0. The summed E-state index contributed by atoms with van der Waals surface area (Å²) in [5.74, 6) is 0. The number of hydrogen-bond acceptors (Lipinski definition) is 0. The van der Waals surface area contributed by atoms with Gasteiger partial charge in [0.15, 0.2) is 0 Å². The van der Waals surface area contributed by atoms with Crippen molar-refractivity contribution in [3.8, 4) is 0 Å². The Morgan fingerprint density at radius 3 is 1.29 bits per heavy atom. The fraction of sp³-hybridized carbons (Fsp3) is 1.00. The van der Waals surface area contributed by atoms with Crippen LogP contribution in [0.2, 0.25) is 0 Å². The summed E-state index contributed by atoms with van der Waals surface area (Å²) >= 11 is 3.78. The molecule has 82 valence electrons. The molecule has 1 saturated carbocycles. The molecule has 1 rings (SSSR count). The molecule has 0 aromatic carbocycles. The van der Waals surface area contributed by atoms with E-state index in [0.717, 1.165) is 4.83 Å². The van der Waals surface area contributed by atoms with E-state index in [-0.39, 0.29) is 25.9 Å². The minimum atomic E-state index is 0. The third-order valence-corrected chi connectivity index (χ3v) is 3.95. The standard InChI is InChI=1S/C12H23Br.Mg.2H/c13-12-10-8-6-4-2-1-3-5-7-9-11-12;;;/h12H,1-11H2;;;/q;+2;2*-1. The Hall–Kier alpha value is 1.25. The maximum atomic E-state index is 3.78. The van der Waals surface area contributed by atoms with Gasteiger partial charge in [-0.3, -0.25) is 0 Å². The van der Waals surface area contributed by atoms with E-state index in [1.54, 1.807) is 0 Å². The average molecular weight is 274 g/mol. The molecule has 0 saturated heterocycles. The van der Waals surface area contributed by atoms with Crippen molar-refractivity contribution in [2.45, 2.75) is 75.5 Å². The summed E-state index contributed by atoms with van der Waals surface area (Å²) in [6.45, 7) is 0. The van der Waals surface area contributed by atoms with E-state index in [9.17, 15) is 0 Å². The zero-order valence-electron chi connectivity index (χ0n) is 11.4. The van der Waals surface area contributed by atoms with Gasteiger partial charge in [-0.2, -0.15) is 0 Å². The van der Waals surface area contributed by atoms with Crippen LogP contribution in [0.25, 0.3) is 0 Å². The molecule has 14 heavy (non-hydrogen) atoms. The molecule has 0 nitrogen and oxygen atoms in total. The topological polar surface area (TPSA) is 0 Å². The van der Waals surface area contributed by atoms with Gasteiger partial charge in [-0.25, -0.2) is 0 Å². The summed E-state index contributed by atoms with van der Waals surface area (Å²) in [6, 6.07) is 0. The van der Waals surface area contributed by atoms with E-state index in [0.29, 0.717) is 0 Å². The van der Waals surface area contributed by atoms with Gasteiger partial charge in [0.05, 0.1) is 0 Å². The van der Waals surface area contributed by atoms with E-state index in [4.69, 9.17) is 0 Å². The third-order valence-electron chi connectivity index (χ3n) is 3.03. The smallest absolute Gasteiger partial charge is 1.00 e. The van der Waals surface area contributed by atoms with Gasteiger partial charge >= 0.3 is 23.1 Å². The second kappa shape index (κ2) is 10.8. The molecule has 0 atom stereocenters. The first-order chi connectivity index (χ1) is 6.39. The van der Waals surface area contributed by atoms with E-state index in [1.165, 1.54) is 70.6 Å².